The van der Waals surface area contributed by atoms with Crippen molar-refractivity contribution in [1.82, 2.24) is 4.90 Å². The van der Waals surface area contributed by atoms with Gasteiger partial charge in [-0.1, -0.05) is 27.7 Å². The number of carbonyl (C=O) groups excluding carboxylic acids is 2. The standard InChI is InChI=1S/C37H60N2O9/c1-20-17-22(30(33(5,6)43)46-21(2)40)47-28-27(20)34(7)13-14-36-19-35(36)12-11-25(48-26-18-39(15-16-45-26)31(42)44-8)32(3,4)23(35)9-10-24(36)37(34,38)29(28)41/h20,22-30,41,43H,9-19,38H2,1-8H3. The predicted octanol–water partition coefficient (Wildman–Crippen LogP) is 4.00. The lowest BCUT2D eigenvalue weighted by atomic mass is 9.43. The highest BCUT2D eigenvalue weighted by Gasteiger charge is 2.85. The molecule has 7 fully saturated rings. The molecule has 2 saturated heterocycles. The Balaban J connectivity index is 1.12. The second-order valence-electron chi connectivity index (χ2n) is 18.2. The molecule has 7 aliphatic rings. The molecule has 0 radical (unpaired) electrons. The molecule has 48 heavy (non-hydrogen) atoms. The van der Waals surface area contributed by atoms with Crippen LogP contribution in [0.15, 0.2) is 0 Å². The number of nitrogens with two attached hydrogens (primary N) is 1. The van der Waals surface area contributed by atoms with Crippen molar-refractivity contribution in [2.75, 3.05) is 26.8 Å². The average molecular weight is 677 g/mol. The number of aliphatic hydroxyl groups excluding tert-OH is 1. The summed E-state index contributed by atoms with van der Waals surface area (Å²) in [5, 5.41) is 23.4. The molecule has 5 aliphatic carbocycles. The normalized spacial score (nSPS) is 49.7. The van der Waals surface area contributed by atoms with Gasteiger partial charge in [-0.05, 0) is 111 Å². The largest absolute Gasteiger partial charge is 0.457 e. The monoisotopic (exact) mass is 676 g/mol. The number of nitrogens with zero attached hydrogens (tertiary/aromatic N) is 1. The molecule has 0 aromatic heterocycles. The van der Waals surface area contributed by atoms with Crippen LogP contribution in [0.25, 0.3) is 0 Å². The summed E-state index contributed by atoms with van der Waals surface area (Å²) in [5.74, 6) is 0.417. The number of aliphatic hydroxyl groups is 2. The lowest BCUT2D eigenvalue weighted by molar-refractivity contribution is -0.243. The lowest BCUT2D eigenvalue weighted by Gasteiger charge is -2.63. The summed E-state index contributed by atoms with van der Waals surface area (Å²) in [6.45, 7) is 15.2. The van der Waals surface area contributed by atoms with Crippen molar-refractivity contribution in [1.29, 1.82) is 0 Å². The molecule has 0 bridgehead atoms. The molecule has 14 unspecified atom stereocenters. The van der Waals surface area contributed by atoms with Gasteiger partial charge < -0.3 is 44.5 Å². The van der Waals surface area contributed by atoms with Crippen molar-refractivity contribution < 1.29 is 43.5 Å². The Bertz CT molecular complexity index is 1300. The Labute approximate surface area is 285 Å². The number of ether oxygens (including phenoxy) is 5. The number of methoxy groups -OCH3 is 1. The van der Waals surface area contributed by atoms with Crippen LogP contribution in [0.4, 0.5) is 4.79 Å². The van der Waals surface area contributed by atoms with E-state index >= 15 is 0 Å². The van der Waals surface area contributed by atoms with Gasteiger partial charge in [-0.3, -0.25) is 4.79 Å². The van der Waals surface area contributed by atoms with Gasteiger partial charge >= 0.3 is 12.1 Å². The van der Waals surface area contributed by atoms with E-state index in [-0.39, 0.29) is 51.6 Å². The molecule has 11 nitrogen and oxygen atoms in total. The zero-order valence-corrected chi connectivity index (χ0v) is 30.3. The summed E-state index contributed by atoms with van der Waals surface area (Å²) in [5.41, 5.74) is 5.50. The van der Waals surface area contributed by atoms with E-state index in [4.69, 9.17) is 29.4 Å². The third-order valence-electron chi connectivity index (χ3n) is 15.4. The minimum atomic E-state index is -1.30. The molecule has 5 saturated carbocycles. The minimum Gasteiger partial charge on any atom is -0.457 e. The Morgan fingerprint density at radius 2 is 1.75 bits per heavy atom. The SMILES string of the molecule is COC(=O)N1CCOC(OC2CCC34CC35CCC3(C)C6C(C)CC(C(OC(C)=O)C(C)(C)O)OC6C(O)C3(N)C5CCC4C2(C)C)C1. The smallest absolute Gasteiger partial charge is 0.409 e. The van der Waals surface area contributed by atoms with Gasteiger partial charge in [0.1, 0.15) is 0 Å². The molecule has 4 N–H and O–H groups in total. The van der Waals surface area contributed by atoms with Crippen LogP contribution in [-0.2, 0) is 28.5 Å². The zero-order valence-electron chi connectivity index (χ0n) is 30.3. The fourth-order valence-electron chi connectivity index (χ4n) is 13.4. The Kier molecular flexibility index (Phi) is 8.18. The first-order valence-corrected chi connectivity index (χ1v) is 18.5. The number of morpholine rings is 1. The van der Waals surface area contributed by atoms with Crippen LogP contribution >= 0.6 is 0 Å². The summed E-state index contributed by atoms with van der Waals surface area (Å²) in [6.07, 6.45) is 4.27. The second kappa shape index (κ2) is 11.2. The second-order valence-corrected chi connectivity index (χ2v) is 18.2. The van der Waals surface area contributed by atoms with Gasteiger partial charge in [-0.15, -0.1) is 0 Å². The van der Waals surface area contributed by atoms with Crippen molar-refractivity contribution in [2.45, 2.75) is 148 Å². The van der Waals surface area contributed by atoms with Crippen molar-refractivity contribution in [3.8, 4) is 0 Å². The van der Waals surface area contributed by atoms with Crippen molar-refractivity contribution >= 4 is 12.1 Å². The molecule has 14 atom stereocenters. The average Bonchev–Trinajstić information content (AvgIpc) is 3.65. The van der Waals surface area contributed by atoms with Gasteiger partial charge in [0.05, 0.1) is 55.8 Å². The third-order valence-corrected chi connectivity index (χ3v) is 15.4. The number of hydrogen-bond donors (Lipinski definition) is 3. The van der Waals surface area contributed by atoms with Crippen LogP contribution in [0, 0.1) is 45.3 Å². The quantitative estimate of drug-likeness (QED) is 0.365. The fraction of sp³-hybridized carbons (Fsp3) is 0.946. The van der Waals surface area contributed by atoms with E-state index in [2.05, 4.69) is 27.7 Å². The summed E-state index contributed by atoms with van der Waals surface area (Å²) in [4.78, 5) is 25.9. The first-order valence-electron chi connectivity index (χ1n) is 18.5. The van der Waals surface area contributed by atoms with E-state index < -0.39 is 47.8 Å². The number of esters is 1. The van der Waals surface area contributed by atoms with Crippen molar-refractivity contribution in [2.24, 2.45) is 51.1 Å². The van der Waals surface area contributed by atoms with Crippen LogP contribution in [-0.4, -0.2) is 102 Å². The zero-order chi connectivity index (χ0) is 34.8. The maximum atomic E-state index is 12.4. The first-order chi connectivity index (χ1) is 22.4. The van der Waals surface area contributed by atoms with Gasteiger partial charge in [0, 0.05) is 13.5 Å². The van der Waals surface area contributed by atoms with E-state index in [1.807, 2.05) is 0 Å². The highest BCUT2D eigenvalue weighted by molar-refractivity contribution is 5.67. The van der Waals surface area contributed by atoms with Gasteiger partial charge in [-0.25, -0.2) is 4.79 Å². The molecule has 2 heterocycles. The van der Waals surface area contributed by atoms with Crippen LogP contribution in [0.1, 0.15) is 99.8 Å². The maximum Gasteiger partial charge on any atom is 0.409 e. The highest BCUT2D eigenvalue weighted by atomic mass is 16.7. The van der Waals surface area contributed by atoms with E-state index in [0.717, 1.165) is 44.9 Å². The Morgan fingerprint density at radius 3 is 2.42 bits per heavy atom. The van der Waals surface area contributed by atoms with Crippen molar-refractivity contribution in [3.63, 3.8) is 0 Å². The number of hydrogen-bond acceptors (Lipinski definition) is 10. The van der Waals surface area contributed by atoms with Gasteiger partial charge in [0.25, 0.3) is 0 Å². The molecule has 2 aliphatic heterocycles. The molecule has 11 heteroatoms. The topological polar surface area (TPSA) is 150 Å². The van der Waals surface area contributed by atoms with Crippen LogP contribution in [0.3, 0.4) is 0 Å². The number of fused-ring (bicyclic) bond motifs is 4. The lowest BCUT2D eigenvalue weighted by Crippen LogP contribution is -2.70. The molecule has 0 aromatic rings. The molecule has 2 spiro atoms. The molecular formula is C37H60N2O9. The van der Waals surface area contributed by atoms with Gasteiger partial charge in [0.2, 0.25) is 0 Å². The van der Waals surface area contributed by atoms with Crippen LogP contribution in [0.2, 0.25) is 0 Å². The third kappa shape index (κ3) is 4.65. The van der Waals surface area contributed by atoms with E-state index in [1.54, 1.807) is 18.7 Å². The Hall–Kier alpha value is -1.50. The van der Waals surface area contributed by atoms with Crippen LogP contribution in [0.5, 0.6) is 0 Å². The predicted molar refractivity (Wildman–Crippen MR) is 175 cm³/mol. The maximum absolute atomic E-state index is 12.4. The van der Waals surface area contributed by atoms with E-state index in [9.17, 15) is 19.8 Å². The molecule has 7 rings (SSSR count). The van der Waals surface area contributed by atoms with Gasteiger partial charge in [-0.2, -0.15) is 0 Å². The summed E-state index contributed by atoms with van der Waals surface area (Å²) >= 11 is 0. The van der Waals surface area contributed by atoms with Crippen LogP contribution < -0.4 is 5.73 Å². The molecular weight excluding hydrogens is 616 g/mol. The first kappa shape index (κ1) is 34.9. The molecule has 272 valence electrons. The summed E-state index contributed by atoms with van der Waals surface area (Å²) < 4.78 is 30.0. The molecule has 1 amide bonds. The van der Waals surface area contributed by atoms with Crippen molar-refractivity contribution in [3.05, 3.63) is 0 Å². The van der Waals surface area contributed by atoms with Gasteiger partial charge in [0.15, 0.2) is 12.4 Å². The minimum absolute atomic E-state index is 0.0117. The van der Waals surface area contributed by atoms with E-state index in [1.165, 1.54) is 14.0 Å². The summed E-state index contributed by atoms with van der Waals surface area (Å²) in [7, 11) is 1.40. The van der Waals surface area contributed by atoms with E-state index in [0.29, 0.717) is 32.0 Å². The highest BCUT2D eigenvalue weighted by Crippen LogP contribution is 2.87. The number of rotatable bonds is 5. The fourth-order valence-corrected chi connectivity index (χ4v) is 13.4. The molecule has 0 aromatic carbocycles. The Morgan fingerprint density at radius 1 is 1.06 bits per heavy atom. The number of amides is 1. The summed E-state index contributed by atoms with van der Waals surface area (Å²) in [6, 6.07) is 0. The number of carbonyl (C=O) groups is 2.